The fraction of sp³-hybridized carbons (Fsp3) is 0.743. The third-order valence-corrected chi connectivity index (χ3v) is 19.6. The normalized spacial score (nSPS) is 22.4. The number of ketones is 1. The van der Waals surface area contributed by atoms with Gasteiger partial charge >= 0.3 is 0 Å². The van der Waals surface area contributed by atoms with Gasteiger partial charge in [0.25, 0.3) is 0 Å². The molecule has 0 N–H and O–H groups in total. The highest BCUT2D eigenvalue weighted by Gasteiger charge is 2.60. The molecule has 43 heavy (non-hydrogen) atoms. The van der Waals surface area contributed by atoms with Crippen LogP contribution in [0.25, 0.3) is 0 Å². The van der Waals surface area contributed by atoms with Crippen molar-refractivity contribution < 1.29 is 27.9 Å². The second-order valence-electron chi connectivity index (χ2n) is 15.8. The molecule has 1 aliphatic heterocycles. The number of methoxy groups -OCH3 is 1. The Hall–Kier alpha value is -1.30. The maximum atomic E-state index is 14.3. The van der Waals surface area contributed by atoms with Crippen molar-refractivity contribution in [2.75, 3.05) is 26.9 Å². The average Bonchev–Trinajstić information content (AvgIpc) is 3.60. The van der Waals surface area contributed by atoms with Gasteiger partial charge in [0.2, 0.25) is 0 Å². The molecule has 0 spiro atoms. The number of ether oxygens (including phenoxy) is 3. The molecule has 0 aromatic heterocycles. The predicted octanol–water partition coefficient (Wildman–Crippen LogP) is 8.67. The summed E-state index contributed by atoms with van der Waals surface area (Å²) in [5, 5.41) is 0.111. The van der Waals surface area contributed by atoms with E-state index in [0.717, 1.165) is 11.3 Å². The lowest BCUT2D eigenvalue weighted by atomic mass is 9.75. The van der Waals surface area contributed by atoms with Gasteiger partial charge in [-0.2, -0.15) is 0 Å². The van der Waals surface area contributed by atoms with Crippen LogP contribution in [0, 0.1) is 23.7 Å². The Labute approximate surface area is 265 Å². The van der Waals surface area contributed by atoms with Crippen LogP contribution < -0.4 is 4.74 Å². The minimum absolute atomic E-state index is 0.00667. The van der Waals surface area contributed by atoms with Crippen molar-refractivity contribution in [1.29, 1.82) is 0 Å². The van der Waals surface area contributed by atoms with Crippen LogP contribution in [0.4, 0.5) is 0 Å². The summed E-state index contributed by atoms with van der Waals surface area (Å²) in [6.07, 6.45) is 1.78. The SMILES string of the molecule is C=C[C@@H](CO[Si](C)(C)C(C)(C)C)C(=O)[C@H](CO[Si](C)(C)C(C)(C)C)[C@H](C)[C@]1(C)O[C@@H]1[C@@H](C)COCc1ccc(OC)cc1. The van der Waals surface area contributed by atoms with Gasteiger partial charge in [-0.15, -0.1) is 6.58 Å². The Kier molecular flexibility index (Phi) is 12.7. The average molecular weight is 635 g/mol. The van der Waals surface area contributed by atoms with Crippen LogP contribution in [0.3, 0.4) is 0 Å². The number of rotatable bonds is 17. The van der Waals surface area contributed by atoms with Crippen LogP contribution in [0.15, 0.2) is 36.9 Å². The number of hydrogen-bond acceptors (Lipinski definition) is 6. The van der Waals surface area contributed by atoms with E-state index >= 15 is 0 Å². The summed E-state index contributed by atoms with van der Waals surface area (Å²) in [6, 6.07) is 7.93. The summed E-state index contributed by atoms with van der Waals surface area (Å²) in [7, 11) is -2.44. The molecule has 1 aliphatic rings. The molecule has 1 saturated heterocycles. The smallest absolute Gasteiger partial charge is 0.192 e. The molecule has 6 nitrogen and oxygen atoms in total. The monoisotopic (exact) mass is 634 g/mol. The largest absolute Gasteiger partial charge is 0.497 e. The van der Waals surface area contributed by atoms with Gasteiger partial charge in [-0.05, 0) is 66.8 Å². The maximum Gasteiger partial charge on any atom is 0.192 e. The Morgan fingerprint density at radius 2 is 1.47 bits per heavy atom. The summed E-state index contributed by atoms with van der Waals surface area (Å²) < 4.78 is 31.0. The molecule has 8 heteroatoms. The summed E-state index contributed by atoms with van der Waals surface area (Å²) in [6.45, 7) is 34.6. The van der Waals surface area contributed by atoms with Crippen molar-refractivity contribution in [2.24, 2.45) is 23.7 Å². The van der Waals surface area contributed by atoms with E-state index in [1.807, 2.05) is 24.3 Å². The summed E-state index contributed by atoms with van der Waals surface area (Å²) in [5.41, 5.74) is 0.663. The topological polar surface area (TPSA) is 66.5 Å². The Balaban J connectivity index is 2.17. The highest BCUT2D eigenvalue weighted by molar-refractivity contribution is 6.74. The molecule has 1 aromatic rings. The van der Waals surface area contributed by atoms with E-state index in [9.17, 15) is 4.79 Å². The third kappa shape index (κ3) is 9.60. The second-order valence-corrected chi connectivity index (χ2v) is 25.5. The second kappa shape index (κ2) is 14.4. The van der Waals surface area contributed by atoms with E-state index in [0.29, 0.717) is 26.4 Å². The van der Waals surface area contributed by atoms with Crippen LogP contribution in [0.5, 0.6) is 5.75 Å². The van der Waals surface area contributed by atoms with Gasteiger partial charge in [0, 0.05) is 25.0 Å². The molecule has 0 unspecified atom stereocenters. The molecule has 0 radical (unpaired) electrons. The van der Waals surface area contributed by atoms with Crippen LogP contribution in [0.1, 0.15) is 67.9 Å². The van der Waals surface area contributed by atoms with Gasteiger partial charge in [0.15, 0.2) is 16.6 Å². The minimum atomic E-state index is -2.08. The molecule has 0 bridgehead atoms. The first-order chi connectivity index (χ1) is 19.6. The highest BCUT2D eigenvalue weighted by atomic mass is 28.4. The Morgan fingerprint density at radius 3 is 1.93 bits per heavy atom. The van der Waals surface area contributed by atoms with E-state index in [2.05, 4.69) is 95.1 Å². The first-order valence-corrected chi connectivity index (χ1v) is 21.8. The fourth-order valence-electron chi connectivity index (χ4n) is 4.90. The highest BCUT2D eigenvalue weighted by Crippen LogP contribution is 2.50. The van der Waals surface area contributed by atoms with Crippen molar-refractivity contribution in [2.45, 2.75) is 117 Å². The fourth-order valence-corrected chi connectivity index (χ4v) is 6.96. The van der Waals surface area contributed by atoms with E-state index < -0.39 is 28.2 Å². The van der Waals surface area contributed by atoms with Gasteiger partial charge in [0.1, 0.15) is 11.5 Å². The van der Waals surface area contributed by atoms with Gasteiger partial charge < -0.3 is 23.1 Å². The Morgan fingerprint density at radius 1 is 0.953 bits per heavy atom. The maximum absolute atomic E-state index is 14.3. The van der Waals surface area contributed by atoms with Crippen molar-refractivity contribution in [3.8, 4) is 5.75 Å². The van der Waals surface area contributed by atoms with Crippen LogP contribution >= 0.6 is 0 Å². The van der Waals surface area contributed by atoms with E-state index in [-0.39, 0.29) is 39.7 Å². The van der Waals surface area contributed by atoms with Crippen molar-refractivity contribution >= 4 is 22.4 Å². The molecule has 0 saturated carbocycles. The van der Waals surface area contributed by atoms with E-state index in [4.69, 9.17) is 23.1 Å². The predicted molar refractivity (Wildman–Crippen MR) is 183 cm³/mol. The zero-order chi connectivity index (χ0) is 33.0. The lowest BCUT2D eigenvalue weighted by molar-refractivity contribution is -0.130. The zero-order valence-electron chi connectivity index (χ0n) is 29.8. The lowest BCUT2D eigenvalue weighted by Gasteiger charge is -2.39. The first-order valence-electron chi connectivity index (χ1n) is 15.9. The van der Waals surface area contributed by atoms with Crippen LogP contribution in [-0.4, -0.2) is 61.1 Å². The standard InChI is InChI=1S/C35H62O6Si2/c1-16-28(23-39-42(12,13)33(4,5)6)31(36)30(24-40-43(14,15)34(7,8)9)26(3)35(10)32(41-35)25(2)21-38-22-27-17-19-29(37-11)20-18-27/h16-20,25-26,28,30,32H,1,21-24H2,2-15H3/t25-,26-,28-,30+,32+,35-/m0/s1. The number of Topliss-reactive ketones (excluding diaryl/α,β-unsaturated/α-hetero) is 1. The minimum Gasteiger partial charge on any atom is -0.497 e. The van der Waals surface area contributed by atoms with Crippen molar-refractivity contribution in [3.63, 3.8) is 0 Å². The molecule has 1 fully saturated rings. The molecule has 6 atom stereocenters. The first kappa shape index (κ1) is 37.9. The molecule has 2 rings (SSSR count). The number of epoxide rings is 1. The van der Waals surface area contributed by atoms with Crippen molar-refractivity contribution in [3.05, 3.63) is 42.5 Å². The molecule has 246 valence electrons. The third-order valence-electron chi connectivity index (χ3n) is 10.6. The molecular formula is C35H62O6Si2. The number of hydrogen-bond donors (Lipinski definition) is 0. The van der Waals surface area contributed by atoms with Gasteiger partial charge in [-0.3, -0.25) is 4.79 Å². The van der Waals surface area contributed by atoms with E-state index in [1.165, 1.54) is 0 Å². The Bertz CT molecular complexity index is 1060. The van der Waals surface area contributed by atoms with Crippen LogP contribution in [-0.2, 0) is 29.7 Å². The number of carbonyl (C=O) groups excluding carboxylic acids is 1. The summed E-state index contributed by atoms with van der Waals surface area (Å²) in [5.74, 6) is 0.381. The summed E-state index contributed by atoms with van der Waals surface area (Å²) >= 11 is 0. The summed E-state index contributed by atoms with van der Waals surface area (Å²) in [4.78, 5) is 14.3. The van der Waals surface area contributed by atoms with Gasteiger partial charge in [-0.25, -0.2) is 0 Å². The molecule has 0 amide bonds. The quantitative estimate of drug-likeness (QED) is 0.0971. The lowest BCUT2D eigenvalue weighted by Crippen LogP contribution is -2.47. The molecular weight excluding hydrogens is 573 g/mol. The van der Waals surface area contributed by atoms with Crippen molar-refractivity contribution in [1.82, 2.24) is 0 Å². The van der Waals surface area contributed by atoms with E-state index in [1.54, 1.807) is 13.2 Å². The molecule has 1 aromatic carbocycles. The zero-order valence-corrected chi connectivity index (χ0v) is 31.8. The molecule has 1 heterocycles. The molecule has 0 aliphatic carbocycles. The number of benzene rings is 1. The van der Waals surface area contributed by atoms with Crippen LogP contribution in [0.2, 0.25) is 36.3 Å². The number of carbonyl (C=O) groups is 1. The van der Waals surface area contributed by atoms with Gasteiger partial charge in [-0.1, -0.05) is 73.6 Å². The van der Waals surface area contributed by atoms with Gasteiger partial charge in [0.05, 0.1) is 37.9 Å².